The SMILES string of the molecule is CCc1ccccc1C(=O)c1c[nH]c2ccncc12. The molecule has 3 aromatic rings. The molecule has 0 radical (unpaired) electrons. The molecule has 3 rings (SSSR count). The second-order valence-corrected chi connectivity index (χ2v) is 4.46. The highest BCUT2D eigenvalue weighted by Crippen LogP contribution is 2.21. The van der Waals surface area contributed by atoms with E-state index in [1.165, 1.54) is 0 Å². The fraction of sp³-hybridized carbons (Fsp3) is 0.125. The van der Waals surface area contributed by atoms with E-state index in [1.807, 2.05) is 30.3 Å². The highest BCUT2D eigenvalue weighted by molar-refractivity contribution is 6.16. The summed E-state index contributed by atoms with van der Waals surface area (Å²) in [5, 5.41) is 0.874. The molecule has 0 aliphatic carbocycles. The van der Waals surface area contributed by atoms with E-state index in [0.717, 1.165) is 28.5 Å². The number of nitrogens with one attached hydrogen (secondary N) is 1. The van der Waals surface area contributed by atoms with Gasteiger partial charge in [-0.2, -0.15) is 0 Å². The van der Waals surface area contributed by atoms with E-state index < -0.39 is 0 Å². The van der Waals surface area contributed by atoms with E-state index >= 15 is 0 Å². The van der Waals surface area contributed by atoms with Gasteiger partial charge in [0.1, 0.15) is 0 Å². The Morgan fingerprint density at radius 3 is 2.89 bits per heavy atom. The number of aryl methyl sites for hydroxylation is 1. The number of ketones is 1. The van der Waals surface area contributed by atoms with Gasteiger partial charge in [-0.3, -0.25) is 9.78 Å². The zero-order valence-corrected chi connectivity index (χ0v) is 10.7. The summed E-state index contributed by atoms with van der Waals surface area (Å²) >= 11 is 0. The molecule has 1 N–H and O–H groups in total. The van der Waals surface area contributed by atoms with Gasteiger partial charge in [-0.1, -0.05) is 31.2 Å². The van der Waals surface area contributed by atoms with Crippen LogP contribution in [0.2, 0.25) is 0 Å². The first-order valence-corrected chi connectivity index (χ1v) is 6.35. The van der Waals surface area contributed by atoms with E-state index in [0.29, 0.717) is 5.56 Å². The number of hydrogen-bond donors (Lipinski definition) is 1. The van der Waals surface area contributed by atoms with Crippen LogP contribution in [-0.4, -0.2) is 15.8 Å². The highest BCUT2D eigenvalue weighted by atomic mass is 16.1. The predicted molar refractivity (Wildman–Crippen MR) is 75.3 cm³/mol. The molecule has 0 amide bonds. The number of rotatable bonds is 3. The summed E-state index contributed by atoms with van der Waals surface area (Å²) in [5.41, 5.74) is 3.47. The number of nitrogens with zero attached hydrogens (tertiary/aromatic N) is 1. The van der Waals surface area contributed by atoms with Crippen LogP contribution in [0.3, 0.4) is 0 Å². The van der Waals surface area contributed by atoms with Gasteiger partial charge in [-0.15, -0.1) is 0 Å². The van der Waals surface area contributed by atoms with Crippen LogP contribution < -0.4 is 0 Å². The zero-order chi connectivity index (χ0) is 13.2. The predicted octanol–water partition coefficient (Wildman–Crippen LogP) is 3.36. The van der Waals surface area contributed by atoms with E-state index in [4.69, 9.17) is 0 Å². The minimum Gasteiger partial charge on any atom is -0.360 e. The number of aromatic nitrogens is 2. The van der Waals surface area contributed by atoms with Crippen LogP contribution >= 0.6 is 0 Å². The molecule has 0 saturated heterocycles. The third-order valence-corrected chi connectivity index (χ3v) is 3.37. The molecule has 3 heteroatoms. The van der Waals surface area contributed by atoms with E-state index in [1.54, 1.807) is 18.6 Å². The number of pyridine rings is 1. The Balaban J connectivity index is 2.14. The minimum atomic E-state index is 0.0525. The van der Waals surface area contributed by atoms with Crippen molar-refractivity contribution in [2.75, 3.05) is 0 Å². The summed E-state index contributed by atoms with van der Waals surface area (Å²) in [5.74, 6) is 0.0525. The van der Waals surface area contributed by atoms with Crippen molar-refractivity contribution in [3.8, 4) is 0 Å². The maximum atomic E-state index is 12.7. The normalized spacial score (nSPS) is 10.8. The fourth-order valence-electron chi connectivity index (χ4n) is 2.35. The van der Waals surface area contributed by atoms with Crippen molar-refractivity contribution in [1.82, 2.24) is 9.97 Å². The number of aromatic amines is 1. The van der Waals surface area contributed by atoms with Crippen molar-refractivity contribution in [1.29, 1.82) is 0 Å². The second kappa shape index (κ2) is 4.69. The van der Waals surface area contributed by atoms with Crippen LogP contribution in [0.15, 0.2) is 48.9 Å². The first kappa shape index (κ1) is 11.7. The van der Waals surface area contributed by atoms with Gasteiger partial charge in [-0.25, -0.2) is 0 Å². The zero-order valence-electron chi connectivity index (χ0n) is 10.7. The standard InChI is InChI=1S/C16H14N2O/c1-2-11-5-3-4-6-12(11)16(19)14-10-18-15-7-8-17-9-13(14)15/h3-10,18H,2H2,1H3. The van der Waals surface area contributed by atoms with Crippen molar-refractivity contribution in [2.45, 2.75) is 13.3 Å². The molecule has 19 heavy (non-hydrogen) atoms. The summed E-state index contributed by atoms with van der Waals surface area (Å²) in [4.78, 5) is 19.9. The minimum absolute atomic E-state index is 0.0525. The van der Waals surface area contributed by atoms with Gasteiger partial charge in [0.15, 0.2) is 5.78 Å². The molecule has 0 saturated carbocycles. The van der Waals surface area contributed by atoms with Crippen molar-refractivity contribution in [2.24, 2.45) is 0 Å². The lowest BCUT2D eigenvalue weighted by molar-refractivity contribution is 0.103. The number of carbonyl (C=O) groups is 1. The highest BCUT2D eigenvalue weighted by Gasteiger charge is 2.16. The molecule has 1 aromatic carbocycles. The van der Waals surface area contributed by atoms with Gasteiger partial charge in [0.25, 0.3) is 0 Å². The number of hydrogen-bond acceptors (Lipinski definition) is 2. The number of H-pyrrole nitrogens is 1. The first-order chi connectivity index (χ1) is 9.31. The average Bonchev–Trinajstić information content (AvgIpc) is 2.90. The molecule has 0 unspecified atom stereocenters. The van der Waals surface area contributed by atoms with Crippen LogP contribution in [-0.2, 0) is 6.42 Å². The van der Waals surface area contributed by atoms with Crippen LogP contribution in [0.25, 0.3) is 10.9 Å². The Bertz CT molecular complexity index is 743. The molecule has 0 bridgehead atoms. The molecule has 0 aliphatic rings. The lowest BCUT2D eigenvalue weighted by atomic mass is 9.97. The molecular formula is C16H14N2O. The van der Waals surface area contributed by atoms with E-state index in [-0.39, 0.29) is 5.78 Å². The lowest BCUT2D eigenvalue weighted by Gasteiger charge is -2.05. The molecule has 0 aliphatic heterocycles. The Morgan fingerprint density at radius 1 is 1.21 bits per heavy atom. The van der Waals surface area contributed by atoms with E-state index in [9.17, 15) is 4.79 Å². The third kappa shape index (κ3) is 1.93. The molecule has 94 valence electrons. The largest absolute Gasteiger partial charge is 0.360 e. The lowest BCUT2D eigenvalue weighted by Crippen LogP contribution is -2.04. The van der Waals surface area contributed by atoms with Crippen LogP contribution in [0.4, 0.5) is 0 Å². The van der Waals surface area contributed by atoms with Crippen molar-refractivity contribution in [3.05, 3.63) is 65.6 Å². The quantitative estimate of drug-likeness (QED) is 0.724. The Hall–Kier alpha value is -2.42. The maximum Gasteiger partial charge on any atom is 0.195 e. The van der Waals surface area contributed by atoms with Gasteiger partial charge < -0.3 is 4.98 Å². The molecule has 0 atom stereocenters. The molecule has 3 nitrogen and oxygen atoms in total. The Kier molecular flexibility index (Phi) is 2.88. The summed E-state index contributed by atoms with van der Waals surface area (Å²) in [6.07, 6.45) is 6.06. The summed E-state index contributed by atoms with van der Waals surface area (Å²) in [6, 6.07) is 9.63. The first-order valence-electron chi connectivity index (χ1n) is 6.35. The topological polar surface area (TPSA) is 45.8 Å². The van der Waals surface area contributed by atoms with Gasteiger partial charge in [-0.05, 0) is 18.1 Å². The van der Waals surface area contributed by atoms with Crippen molar-refractivity contribution >= 4 is 16.7 Å². The number of fused-ring (bicyclic) bond motifs is 1. The second-order valence-electron chi connectivity index (χ2n) is 4.46. The molecule has 2 heterocycles. The molecule has 0 fully saturated rings. The van der Waals surface area contributed by atoms with E-state index in [2.05, 4.69) is 16.9 Å². The summed E-state index contributed by atoms with van der Waals surface area (Å²) in [6.45, 7) is 2.06. The van der Waals surface area contributed by atoms with Gasteiger partial charge >= 0.3 is 0 Å². The van der Waals surface area contributed by atoms with Gasteiger partial charge in [0.2, 0.25) is 0 Å². The van der Waals surface area contributed by atoms with Crippen molar-refractivity contribution in [3.63, 3.8) is 0 Å². The Labute approximate surface area is 111 Å². The van der Waals surface area contributed by atoms with Crippen LogP contribution in [0.5, 0.6) is 0 Å². The fourth-order valence-corrected chi connectivity index (χ4v) is 2.35. The van der Waals surface area contributed by atoms with Crippen LogP contribution in [0, 0.1) is 0 Å². The molecular weight excluding hydrogens is 236 g/mol. The monoisotopic (exact) mass is 250 g/mol. The Morgan fingerprint density at radius 2 is 2.05 bits per heavy atom. The average molecular weight is 250 g/mol. The molecule has 0 spiro atoms. The smallest absolute Gasteiger partial charge is 0.195 e. The maximum absolute atomic E-state index is 12.7. The number of carbonyl (C=O) groups excluding carboxylic acids is 1. The van der Waals surface area contributed by atoms with Crippen LogP contribution in [0.1, 0.15) is 28.4 Å². The van der Waals surface area contributed by atoms with Crippen molar-refractivity contribution < 1.29 is 4.79 Å². The summed E-state index contributed by atoms with van der Waals surface area (Å²) in [7, 11) is 0. The van der Waals surface area contributed by atoms with Gasteiger partial charge in [0, 0.05) is 40.6 Å². The molecule has 2 aromatic heterocycles. The number of benzene rings is 1. The van der Waals surface area contributed by atoms with Gasteiger partial charge in [0.05, 0.1) is 0 Å². The summed E-state index contributed by atoms with van der Waals surface area (Å²) < 4.78 is 0. The third-order valence-electron chi connectivity index (χ3n) is 3.37.